The first-order valence-electron chi connectivity index (χ1n) is 10.3. The molecule has 9 heteroatoms. The maximum atomic E-state index is 12.5. The highest BCUT2D eigenvalue weighted by molar-refractivity contribution is 5.69. The summed E-state index contributed by atoms with van der Waals surface area (Å²) in [5.41, 5.74) is -0.507. The first-order valence-corrected chi connectivity index (χ1v) is 10.3. The van der Waals surface area contributed by atoms with E-state index in [1.165, 1.54) is 0 Å². The molecule has 1 aromatic rings. The minimum absolute atomic E-state index is 0.307. The number of likely N-dealkylation sites (tertiary alicyclic amines) is 1. The molecule has 1 N–H and O–H groups in total. The molecule has 2 aliphatic rings. The maximum absolute atomic E-state index is 12.5. The van der Waals surface area contributed by atoms with Crippen LogP contribution in [0.3, 0.4) is 0 Å². The average Bonchev–Trinajstić information content (AvgIpc) is 2.67. The predicted octanol–water partition coefficient (Wildman–Crippen LogP) is 3.43. The Hall–Kier alpha value is -2.71. The second-order valence-electron chi connectivity index (χ2n) is 8.61. The fourth-order valence-corrected chi connectivity index (χ4v) is 3.82. The van der Waals surface area contributed by atoms with Crippen LogP contribution in [0.5, 0.6) is 11.6 Å². The van der Waals surface area contributed by atoms with Crippen molar-refractivity contribution in [3.8, 4) is 11.6 Å². The van der Waals surface area contributed by atoms with Gasteiger partial charge in [0.25, 0.3) is 0 Å². The summed E-state index contributed by atoms with van der Waals surface area (Å²) in [6, 6.07) is 3.15. The van der Waals surface area contributed by atoms with Gasteiger partial charge in [-0.3, -0.25) is 0 Å². The van der Waals surface area contributed by atoms with Crippen LogP contribution in [0, 0.1) is 0 Å². The third-order valence-corrected chi connectivity index (χ3v) is 5.19. The van der Waals surface area contributed by atoms with Crippen LogP contribution in [0.15, 0.2) is 12.1 Å². The average molecular weight is 421 g/mol. The van der Waals surface area contributed by atoms with Gasteiger partial charge in [-0.15, -0.1) is 0 Å². The van der Waals surface area contributed by atoms with Crippen molar-refractivity contribution >= 4 is 12.2 Å². The fourth-order valence-electron chi connectivity index (χ4n) is 3.82. The molecule has 0 unspecified atom stereocenters. The zero-order chi connectivity index (χ0) is 21.9. The summed E-state index contributed by atoms with van der Waals surface area (Å²) in [5, 5.41) is 2.94. The lowest BCUT2D eigenvalue weighted by Crippen LogP contribution is -2.53. The Morgan fingerprint density at radius 2 is 2.00 bits per heavy atom. The number of methoxy groups -OCH3 is 1. The molecule has 2 aliphatic heterocycles. The number of piperidine rings is 1. The molecule has 30 heavy (non-hydrogen) atoms. The summed E-state index contributed by atoms with van der Waals surface area (Å²) in [7, 11) is 1.54. The van der Waals surface area contributed by atoms with E-state index < -0.39 is 23.3 Å². The van der Waals surface area contributed by atoms with E-state index >= 15 is 0 Å². The Labute approximate surface area is 177 Å². The summed E-state index contributed by atoms with van der Waals surface area (Å²) in [6.07, 6.45) is 0.964. The third-order valence-electron chi connectivity index (χ3n) is 5.19. The fraction of sp³-hybridized carbons (Fsp3) is 0.667. The van der Waals surface area contributed by atoms with Gasteiger partial charge < -0.3 is 29.2 Å². The molecule has 1 spiro atoms. The molecule has 1 atom stereocenters. The highest BCUT2D eigenvalue weighted by atomic mass is 16.6. The third kappa shape index (κ3) is 5.06. The normalized spacial score (nSPS) is 20.0. The van der Waals surface area contributed by atoms with Crippen LogP contribution >= 0.6 is 0 Å². The van der Waals surface area contributed by atoms with Crippen LogP contribution in [0.25, 0.3) is 0 Å². The number of nitrogens with zero attached hydrogens (tertiary/aromatic N) is 2. The van der Waals surface area contributed by atoms with Crippen LogP contribution in [-0.4, -0.2) is 60.1 Å². The molecule has 0 aromatic carbocycles. The number of rotatable bonds is 3. The number of carbonyl (C=O) groups excluding carboxylic acids is 2. The molecule has 0 radical (unpaired) electrons. The van der Waals surface area contributed by atoms with Gasteiger partial charge in [-0.1, -0.05) is 0 Å². The highest BCUT2D eigenvalue weighted by Gasteiger charge is 2.45. The predicted molar refractivity (Wildman–Crippen MR) is 109 cm³/mol. The Kier molecular flexibility index (Phi) is 6.28. The molecule has 3 rings (SSSR count). The lowest BCUT2D eigenvalue weighted by atomic mass is 9.82. The van der Waals surface area contributed by atoms with E-state index in [4.69, 9.17) is 18.9 Å². The van der Waals surface area contributed by atoms with Crippen LogP contribution in [-0.2, 0) is 9.47 Å². The van der Waals surface area contributed by atoms with Gasteiger partial charge in [-0.2, -0.15) is 0 Å². The molecule has 0 aliphatic carbocycles. The van der Waals surface area contributed by atoms with Crippen LogP contribution in [0.1, 0.15) is 58.7 Å². The number of alkyl carbamates (subject to hydrolysis) is 1. The van der Waals surface area contributed by atoms with E-state index in [0.717, 1.165) is 0 Å². The minimum atomic E-state index is -0.609. The van der Waals surface area contributed by atoms with E-state index in [1.807, 2.05) is 26.8 Å². The van der Waals surface area contributed by atoms with Crippen molar-refractivity contribution in [3.05, 3.63) is 17.8 Å². The second-order valence-corrected chi connectivity index (χ2v) is 8.61. The zero-order valence-electron chi connectivity index (χ0n) is 18.3. The summed E-state index contributed by atoms with van der Waals surface area (Å²) < 4.78 is 22.2. The van der Waals surface area contributed by atoms with Crippen LogP contribution in [0.2, 0.25) is 0 Å². The maximum Gasteiger partial charge on any atom is 0.409 e. The van der Waals surface area contributed by atoms with Crippen LogP contribution in [0.4, 0.5) is 9.59 Å². The Morgan fingerprint density at radius 3 is 2.60 bits per heavy atom. The van der Waals surface area contributed by atoms with Gasteiger partial charge in [-0.05, 0) is 33.8 Å². The summed E-state index contributed by atoms with van der Waals surface area (Å²) in [6.45, 7) is 8.64. The molecular formula is C21H31N3O6. The van der Waals surface area contributed by atoms with E-state index in [-0.39, 0.29) is 6.09 Å². The lowest BCUT2D eigenvalue weighted by Gasteiger charge is -2.46. The van der Waals surface area contributed by atoms with Crippen molar-refractivity contribution in [2.75, 3.05) is 26.8 Å². The van der Waals surface area contributed by atoms with Gasteiger partial charge in [-0.25, -0.2) is 14.6 Å². The standard InChI is InChI=1S/C21H31N3O6/c1-6-28-19(26)24-11-9-21(10-12-24)13-14(22-18(25)30-20(2,3)4)17-15(29-21)7-8-16(23-17)27-5/h7-8,14H,6,9-13H2,1-5H3,(H,22,25)/t14-/m0/s1. The molecule has 0 saturated carbocycles. The van der Waals surface area contributed by atoms with E-state index in [1.54, 1.807) is 25.0 Å². The summed E-state index contributed by atoms with van der Waals surface area (Å²) >= 11 is 0. The largest absolute Gasteiger partial charge is 0.485 e. The molecule has 1 fully saturated rings. The Morgan fingerprint density at radius 1 is 1.30 bits per heavy atom. The number of pyridine rings is 1. The van der Waals surface area contributed by atoms with Gasteiger partial charge in [0.15, 0.2) is 0 Å². The van der Waals surface area contributed by atoms with Crippen molar-refractivity contribution < 1.29 is 28.5 Å². The van der Waals surface area contributed by atoms with E-state index in [0.29, 0.717) is 56.3 Å². The number of hydrogen-bond acceptors (Lipinski definition) is 7. The van der Waals surface area contributed by atoms with Crippen molar-refractivity contribution in [2.45, 2.75) is 64.2 Å². The molecule has 166 valence electrons. The van der Waals surface area contributed by atoms with Crippen molar-refractivity contribution in [3.63, 3.8) is 0 Å². The van der Waals surface area contributed by atoms with Crippen molar-refractivity contribution in [1.82, 2.24) is 15.2 Å². The van der Waals surface area contributed by atoms with Gasteiger partial charge >= 0.3 is 12.2 Å². The van der Waals surface area contributed by atoms with Gasteiger partial charge in [0.2, 0.25) is 5.88 Å². The molecule has 3 heterocycles. The van der Waals surface area contributed by atoms with Gasteiger partial charge in [0, 0.05) is 38.4 Å². The number of nitrogens with one attached hydrogen (secondary N) is 1. The molecular weight excluding hydrogens is 390 g/mol. The highest BCUT2D eigenvalue weighted by Crippen LogP contribution is 2.44. The van der Waals surface area contributed by atoms with Gasteiger partial charge in [0.1, 0.15) is 22.6 Å². The number of carbonyl (C=O) groups is 2. The van der Waals surface area contributed by atoms with Crippen molar-refractivity contribution in [1.29, 1.82) is 0 Å². The Balaban J connectivity index is 1.80. The van der Waals surface area contributed by atoms with Gasteiger partial charge in [0.05, 0.1) is 19.8 Å². The first-order chi connectivity index (χ1) is 14.1. The SMILES string of the molecule is CCOC(=O)N1CCC2(CC1)C[C@H](NC(=O)OC(C)(C)C)c1nc(OC)ccc1O2. The molecule has 1 aromatic heterocycles. The first kappa shape index (κ1) is 22.0. The van der Waals surface area contributed by atoms with E-state index in [9.17, 15) is 9.59 Å². The molecule has 1 saturated heterocycles. The van der Waals surface area contributed by atoms with Crippen LogP contribution < -0.4 is 14.8 Å². The number of hydrogen-bond donors (Lipinski definition) is 1. The zero-order valence-corrected chi connectivity index (χ0v) is 18.3. The van der Waals surface area contributed by atoms with Crippen molar-refractivity contribution in [2.24, 2.45) is 0 Å². The smallest absolute Gasteiger partial charge is 0.409 e. The second kappa shape index (κ2) is 8.57. The van der Waals surface area contributed by atoms with E-state index in [2.05, 4.69) is 10.3 Å². The number of amides is 2. The Bertz CT molecular complexity index is 783. The number of fused-ring (bicyclic) bond motifs is 1. The monoisotopic (exact) mass is 421 g/mol. The molecule has 2 amide bonds. The lowest BCUT2D eigenvalue weighted by molar-refractivity contribution is -0.0264. The molecule has 9 nitrogen and oxygen atoms in total. The summed E-state index contributed by atoms with van der Waals surface area (Å²) in [4.78, 5) is 30.7. The summed E-state index contributed by atoms with van der Waals surface area (Å²) in [5.74, 6) is 1.05. The quantitative estimate of drug-likeness (QED) is 0.798. The number of aromatic nitrogens is 1. The topological polar surface area (TPSA) is 99.2 Å². The molecule has 0 bridgehead atoms. The number of ether oxygens (including phenoxy) is 4. The minimum Gasteiger partial charge on any atom is -0.485 e.